The molecule has 78 valence electrons. The quantitative estimate of drug-likeness (QED) is 0.385. The zero-order valence-electron chi connectivity index (χ0n) is 9.59. The summed E-state index contributed by atoms with van der Waals surface area (Å²) in [5.74, 6) is 0.510. The first-order valence-electron chi connectivity index (χ1n) is 4.47. The fourth-order valence-corrected chi connectivity index (χ4v) is 0.875. The Bertz CT molecular complexity index is 294. The smallest absolute Gasteiger partial charge is 0.239 e. The third-order valence-corrected chi connectivity index (χ3v) is 1.38. The highest BCUT2D eigenvalue weighted by Gasteiger charge is 2.05. The highest BCUT2D eigenvalue weighted by Crippen LogP contribution is 2.16. The average molecular weight is 194 g/mol. The Morgan fingerprint density at radius 3 is 2.14 bits per heavy atom. The normalized spacial score (nSPS) is 12.4. The molecule has 0 aliphatic carbocycles. The van der Waals surface area contributed by atoms with Gasteiger partial charge >= 0.3 is 0 Å². The van der Waals surface area contributed by atoms with E-state index in [0.29, 0.717) is 11.6 Å². The minimum Gasteiger partial charge on any atom is -0.479 e. The summed E-state index contributed by atoms with van der Waals surface area (Å²) in [6.07, 6.45) is 1.70. The van der Waals surface area contributed by atoms with Crippen LogP contribution in [-0.4, -0.2) is 19.0 Å². The van der Waals surface area contributed by atoms with Crippen molar-refractivity contribution in [2.24, 2.45) is 9.98 Å². The molecule has 0 amide bonds. The maximum atomic E-state index is 5.15. The van der Waals surface area contributed by atoms with Gasteiger partial charge in [0.1, 0.15) is 5.70 Å². The van der Waals surface area contributed by atoms with Gasteiger partial charge in [-0.1, -0.05) is 6.58 Å². The van der Waals surface area contributed by atoms with Crippen molar-refractivity contribution in [3.05, 3.63) is 23.7 Å². The largest absolute Gasteiger partial charge is 0.479 e. The number of ether oxygens (including phenoxy) is 1. The lowest BCUT2D eigenvalue weighted by molar-refractivity contribution is 0.284. The Morgan fingerprint density at radius 1 is 1.29 bits per heavy atom. The topological polar surface area (TPSA) is 34.0 Å². The van der Waals surface area contributed by atoms with Crippen LogP contribution in [0.1, 0.15) is 27.7 Å². The van der Waals surface area contributed by atoms with Crippen molar-refractivity contribution in [1.82, 2.24) is 0 Å². The molecule has 3 nitrogen and oxygen atoms in total. The Kier molecular flexibility index (Phi) is 5.53. The highest BCUT2D eigenvalue weighted by molar-refractivity contribution is 5.80. The first-order chi connectivity index (χ1) is 6.52. The molecular weight excluding hydrogens is 176 g/mol. The minimum atomic E-state index is 0.510. The Labute approximate surface area is 85.9 Å². The lowest BCUT2D eigenvalue weighted by atomic mass is 10.2. The fourth-order valence-electron chi connectivity index (χ4n) is 0.875. The van der Waals surface area contributed by atoms with Gasteiger partial charge in [0.2, 0.25) is 5.88 Å². The van der Waals surface area contributed by atoms with Gasteiger partial charge in [-0.15, -0.1) is 0 Å². The summed E-state index contributed by atoms with van der Waals surface area (Å²) < 4.78 is 5.15. The average Bonchev–Trinajstić information content (AvgIpc) is 2.10. The fraction of sp³-hybridized carbons (Fsp3) is 0.455. The molecular formula is C11H18N2O. The SMILES string of the molecule is C=C(C)/C(N=CC)=C(\N=C(C)C)OC. The molecule has 0 fully saturated rings. The molecule has 0 spiro atoms. The molecule has 0 aliphatic rings. The van der Waals surface area contributed by atoms with Gasteiger partial charge < -0.3 is 4.74 Å². The predicted octanol–water partition coefficient (Wildman–Crippen LogP) is 2.95. The van der Waals surface area contributed by atoms with Crippen LogP contribution in [0.25, 0.3) is 0 Å². The summed E-state index contributed by atoms with van der Waals surface area (Å²) in [5, 5.41) is 0. The molecule has 0 aromatic rings. The number of rotatable bonds is 4. The summed E-state index contributed by atoms with van der Waals surface area (Å²) in [6.45, 7) is 11.4. The molecule has 0 atom stereocenters. The Morgan fingerprint density at radius 2 is 1.86 bits per heavy atom. The number of aliphatic imine (C=N–C) groups is 2. The molecule has 0 aromatic heterocycles. The highest BCUT2D eigenvalue weighted by atomic mass is 16.5. The molecule has 0 N–H and O–H groups in total. The van der Waals surface area contributed by atoms with Gasteiger partial charge in [-0.3, -0.25) is 4.99 Å². The maximum Gasteiger partial charge on any atom is 0.239 e. The van der Waals surface area contributed by atoms with Gasteiger partial charge in [0.25, 0.3) is 0 Å². The van der Waals surface area contributed by atoms with Crippen LogP contribution in [0.5, 0.6) is 0 Å². The molecule has 0 heterocycles. The number of hydrogen-bond acceptors (Lipinski definition) is 3. The van der Waals surface area contributed by atoms with Crippen molar-refractivity contribution < 1.29 is 4.74 Å². The van der Waals surface area contributed by atoms with Gasteiger partial charge in [0.05, 0.1) is 7.11 Å². The van der Waals surface area contributed by atoms with Crippen LogP contribution in [0.2, 0.25) is 0 Å². The summed E-state index contributed by atoms with van der Waals surface area (Å²) in [7, 11) is 1.58. The third kappa shape index (κ3) is 4.03. The monoisotopic (exact) mass is 194 g/mol. The second-order valence-electron chi connectivity index (χ2n) is 3.08. The van der Waals surface area contributed by atoms with E-state index in [1.54, 1.807) is 13.3 Å². The zero-order chi connectivity index (χ0) is 11.1. The van der Waals surface area contributed by atoms with Gasteiger partial charge in [0.15, 0.2) is 0 Å². The van der Waals surface area contributed by atoms with E-state index in [4.69, 9.17) is 4.74 Å². The summed E-state index contributed by atoms with van der Waals surface area (Å²) in [5.41, 5.74) is 2.45. The standard InChI is InChI=1S/C11H18N2O/c1-7-12-10(8(2)3)11(14-6)13-9(4)5/h7H,2H2,1,3-6H3/b11-10-,12-7?. The molecule has 3 heteroatoms. The predicted molar refractivity (Wildman–Crippen MR) is 61.8 cm³/mol. The van der Waals surface area contributed by atoms with Crippen LogP contribution in [0.15, 0.2) is 33.7 Å². The van der Waals surface area contributed by atoms with Crippen molar-refractivity contribution in [3.63, 3.8) is 0 Å². The molecule has 0 radical (unpaired) electrons. The van der Waals surface area contributed by atoms with Crippen molar-refractivity contribution >= 4 is 11.9 Å². The van der Waals surface area contributed by atoms with Crippen molar-refractivity contribution in [1.29, 1.82) is 0 Å². The summed E-state index contributed by atoms with van der Waals surface area (Å²) in [4.78, 5) is 8.41. The Balaban J connectivity index is 5.30. The minimum absolute atomic E-state index is 0.510. The van der Waals surface area contributed by atoms with Crippen LogP contribution < -0.4 is 0 Å². The van der Waals surface area contributed by atoms with E-state index >= 15 is 0 Å². The summed E-state index contributed by atoms with van der Waals surface area (Å²) >= 11 is 0. The van der Waals surface area contributed by atoms with E-state index in [1.807, 2.05) is 27.7 Å². The van der Waals surface area contributed by atoms with Crippen LogP contribution in [0, 0.1) is 0 Å². The number of hydrogen-bond donors (Lipinski definition) is 0. The van der Waals surface area contributed by atoms with Gasteiger partial charge in [-0.25, -0.2) is 4.99 Å². The number of methoxy groups -OCH3 is 1. The molecule has 0 unspecified atom stereocenters. The van der Waals surface area contributed by atoms with E-state index in [0.717, 1.165) is 11.3 Å². The van der Waals surface area contributed by atoms with Gasteiger partial charge in [-0.05, 0) is 33.3 Å². The van der Waals surface area contributed by atoms with Crippen LogP contribution in [0.3, 0.4) is 0 Å². The second-order valence-corrected chi connectivity index (χ2v) is 3.08. The maximum absolute atomic E-state index is 5.15. The lowest BCUT2D eigenvalue weighted by Crippen LogP contribution is -1.94. The molecule has 0 rings (SSSR count). The molecule has 0 saturated carbocycles. The van der Waals surface area contributed by atoms with Gasteiger partial charge in [0, 0.05) is 11.9 Å². The molecule has 0 aliphatic heterocycles. The molecule has 0 saturated heterocycles. The van der Waals surface area contributed by atoms with Crippen LogP contribution in [-0.2, 0) is 4.74 Å². The zero-order valence-corrected chi connectivity index (χ0v) is 9.59. The molecule has 0 bridgehead atoms. The second kappa shape index (κ2) is 6.13. The van der Waals surface area contributed by atoms with Crippen molar-refractivity contribution in [2.45, 2.75) is 27.7 Å². The number of allylic oxidation sites excluding steroid dienone is 1. The summed E-state index contributed by atoms with van der Waals surface area (Å²) in [6, 6.07) is 0. The van der Waals surface area contributed by atoms with Crippen molar-refractivity contribution in [3.8, 4) is 0 Å². The van der Waals surface area contributed by atoms with Crippen molar-refractivity contribution in [2.75, 3.05) is 7.11 Å². The van der Waals surface area contributed by atoms with Crippen LogP contribution in [0.4, 0.5) is 0 Å². The van der Waals surface area contributed by atoms with E-state index in [-0.39, 0.29) is 0 Å². The van der Waals surface area contributed by atoms with E-state index in [9.17, 15) is 0 Å². The van der Waals surface area contributed by atoms with E-state index < -0.39 is 0 Å². The van der Waals surface area contributed by atoms with Crippen LogP contribution >= 0.6 is 0 Å². The first kappa shape index (κ1) is 12.6. The lowest BCUT2D eigenvalue weighted by Gasteiger charge is -2.06. The third-order valence-electron chi connectivity index (χ3n) is 1.38. The van der Waals surface area contributed by atoms with E-state index in [1.165, 1.54) is 0 Å². The number of nitrogens with zero attached hydrogens (tertiary/aromatic N) is 2. The first-order valence-corrected chi connectivity index (χ1v) is 4.47. The molecule has 14 heavy (non-hydrogen) atoms. The molecule has 0 aromatic carbocycles. The van der Waals surface area contributed by atoms with E-state index in [2.05, 4.69) is 16.6 Å². The Hall–Kier alpha value is -1.38. The van der Waals surface area contributed by atoms with Gasteiger partial charge in [-0.2, -0.15) is 0 Å².